The van der Waals surface area contributed by atoms with Crippen molar-refractivity contribution in [1.29, 1.82) is 0 Å². The smallest absolute Gasteiger partial charge is 0.0399 e. The first-order valence-corrected chi connectivity index (χ1v) is 10.8. The molecule has 3 atom stereocenters. The maximum Gasteiger partial charge on any atom is 0.0399 e. The van der Waals surface area contributed by atoms with Crippen LogP contribution in [0.15, 0.2) is 24.5 Å². The first-order chi connectivity index (χ1) is 12.4. The van der Waals surface area contributed by atoms with Gasteiger partial charge < -0.3 is 10.2 Å². The summed E-state index contributed by atoms with van der Waals surface area (Å²) in [6.45, 7) is 15.3. The minimum absolute atomic E-state index is 0.507. The highest BCUT2D eigenvalue weighted by Gasteiger charge is 2.26. The lowest BCUT2D eigenvalue weighted by molar-refractivity contribution is 0.193. The summed E-state index contributed by atoms with van der Waals surface area (Å²) in [5.41, 5.74) is 1.85. The highest BCUT2D eigenvalue weighted by Crippen LogP contribution is 2.31. The average Bonchev–Trinajstić information content (AvgIpc) is 2.64. The van der Waals surface area contributed by atoms with Crippen molar-refractivity contribution in [3.63, 3.8) is 0 Å². The van der Waals surface area contributed by atoms with Gasteiger partial charge in [-0.2, -0.15) is 0 Å². The molecule has 1 aromatic rings. The first kappa shape index (κ1) is 21.2. The lowest BCUT2D eigenvalue weighted by Gasteiger charge is -2.40. The van der Waals surface area contributed by atoms with Crippen molar-refractivity contribution in [2.75, 3.05) is 24.5 Å². The Labute approximate surface area is 162 Å². The number of hydrogen-bond acceptors (Lipinski definition) is 3. The standard InChI is InChI=1S/C14H22N2.C9H19N/c1-3-4-14-11-12(2)7-10-16(14)13-5-8-15-9-6-13;1-9(2,3)8-5-4-6-10-7-8/h5-6,8-9,12,14H,3-4,7,10-11H2,1-2H3;8,10H,4-7H2,1-3H3. The molecule has 2 aliphatic heterocycles. The molecular formula is C23H41N3. The summed E-state index contributed by atoms with van der Waals surface area (Å²) in [4.78, 5) is 6.67. The Morgan fingerprint density at radius 2 is 1.92 bits per heavy atom. The number of nitrogens with one attached hydrogen (secondary N) is 1. The maximum absolute atomic E-state index is 4.10. The fraction of sp³-hybridized carbons (Fsp3) is 0.783. The van der Waals surface area contributed by atoms with Gasteiger partial charge >= 0.3 is 0 Å². The Balaban J connectivity index is 0.000000209. The highest BCUT2D eigenvalue weighted by molar-refractivity contribution is 5.46. The van der Waals surface area contributed by atoms with E-state index in [9.17, 15) is 0 Å². The molecule has 3 unspecified atom stereocenters. The predicted octanol–water partition coefficient (Wildman–Crippen LogP) is 5.52. The van der Waals surface area contributed by atoms with E-state index < -0.39 is 0 Å². The van der Waals surface area contributed by atoms with Crippen molar-refractivity contribution in [2.24, 2.45) is 17.3 Å². The summed E-state index contributed by atoms with van der Waals surface area (Å²) in [6.07, 6.45) is 11.8. The van der Waals surface area contributed by atoms with Gasteiger partial charge in [-0.15, -0.1) is 0 Å². The summed E-state index contributed by atoms with van der Waals surface area (Å²) in [7, 11) is 0. The summed E-state index contributed by atoms with van der Waals surface area (Å²) < 4.78 is 0. The van der Waals surface area contributed by atoms with Crippen LogP contribution >= 0.6 is 0 Å². The third-order valence-electron chi connectivity index (χ3n) is 6.12. The first-order valence-electron chi connectivity index (χ1n) is 10.8. The van der Waals surface area contributed by atoms with E-state index in [4.69, 9.17) is 0 Å². The van der Waals surface area contributed by atoms with Crippen molar-refractivity contribution < 1.29 is 0 Å². The van der Waals surface area contributed by atoms with Crippen molar-refractivity contribution in [3.8, 4) is 0 Å². The number of pyridine rings is 1. The Morgan fingerprint density at radius 1 is 1.19 bits per heavy atom. The van der Waals surface area contributed by atoms with Crippen molar-refractivity contribution in [1.82, 2.24) is 10.3 Å². The van der Waals surface area contributed by atoms with E-state index in [1.807, 2.05) is 12.4 Å². The van der Waals surface area contributed by atoms with Crippen LogP contribution < -0.4 is 10.2 Å². The number of hydrogen-bond donors (Lipinski definition) is 1. The van der Waals surface area contributed by atoms with Crippen LogP contribution in [0.3, 0.4) is 0 Å². The van der Waals surface area contributed by atoms with Crippen LogP contribution in [0.2, 0.25) is 0 Å². The van der Waals surface area contributed by atoms with E-state index >= 15 is 0 Å². The predicted molar refractivity (Wildman–Crippen MR) is 114 cm³/mol. The zero-order valence-electron chi connectivity index (χ0n) is 17.8. The van der Waals surface area contributed by atoms with Crippen LogP contribution in [0.1, 0.15) is 73.1 Å². The van der Waals surface area contributed by atoms with Gasteiger partial charge in [-0.25, -0.2) is 0 Å². The quantitative estimate of drug-likeness (QED) is 0.770. The van der Waals surface area contributed by atoms with Gasteiger partial charge in [-0.1, -0.05) is 41.0 Å². The van der Waals surface area contributed by atoms with Crippen LogP contribution in [0.25, 0.3) is 0 Å². The number of aromatic nitrogens is 1. The Hall–Kier alpha value is -1.09. The maximum atomic E-state index is 4.10. The molecule has 0 amide bonds. The third-order valence-corrected chi connectivity index (χ3v) is 6.12. The Bertz CT molecular complexity index is 488. The second-order valence-corrected chi connectivity index (χ2v) is 9.38. The topological polar surface area (TPSA) is 28.2 Å². The normalized spacial score (nSPS) is 26.8. The second-order valence-electron chi connectivity index (χ2n) is 9.38. The van der Waals surface area contributed by atoms with Crippen LogP contribution in [0, 0.1) is 17.3 Å². The highest BCUT2D eigenvalue weighted by atomic mass is 15.2. The van der Waals surface area contributed by atoms with E-state index in [2.05, 4.69) is 62.0 Å². The fourth-order valence-corrected chi connectivity index (χ4v) is 4.32. The molecule has 0 bridgehead atoms. The largest absolute Gasteiger partial charge is 0.368 e. The molecule has 0 spiro atoms. The van der Waals surface area contributed by atoms with E-state index in [0.717, 1.165) is 17.9 Å². The van der Waals surface area contributed by atoms with Crippen LogP contribution in [-0.4, -0.2) is 30.7 Å². The van der Waals surface area contributed by atoms with Crippen LogP contribution in [-0.2, 0) is 0 Å². The Kier molecular flexibility index (Phi) is 8.40. The lowest BCUT2D eigenvalue weighted by atomic mass is 9.77. The summed E-state index contributed by atoms with van der Waals surface area (Å²) in [6, 6.07) is 5.01. The minimum Gasteiger partial charge on any atom is -0.368 e. The van der Waals surface area contributed by atoms with Gasteiger partial charge in [-0.3, -0.25) is 4.98 Å². The average molecular weight is 360 g/mol. The van der Waals surface area contributed by atoms with Gasteiger partial charge in [0.2, 0.25) is 0 Å². The molecule has 1 N–H and O–H groups in total. The van der Waals surface area contributed by atoms with E-state index in [1.165, 1.54) is 63.8 Å². The van der Waals surface area contributed by atoms with Crippen LogP contribution in [0.4, 0.5) is 5.69 Å². The molecule has 3 heterocycles. The molecule has 2 saturated heterocycles. The van der Waals surface area contributed by atoms with Crippen molar-refractivity contribution >= 4 is 5.69 Å². The molecule has 3 rings (SSSR count). The van der Waals surface area contributed by atoms with E-state index in [-0.39, 0.29) is 0 Å². The molecule has 148 valence electrons. The minimum atomic E-state index is 0.507. The summed E-state index contributed by atoms with van der Waals surface area (Å²) in [5, 5.41) is 3.44. The molecular weight excluding hydrogens is 318 g/mol. The fourth-order valence-electron chi connectivity index (χ4n) is 4.32. The molecule has 26 heavy (non-hydrogen) atoms. The molecule has 2 aliphatic rings. The monoisotopic (exact) mass is 359 g/mol. The molecule has 0 aliphatic carbocycles. The van der Waals surface area contributed by atoms with Gasteiger partial charge in [0.05, 0.1) is 0 Å². The third kappa shape index (κ3) is 6.57. The van der Waals surface area contributed by atoms with Gasteiger partial charge in [0.25, 0.3) is 0 Å². The van der Waals surface area contributed by atoms with Crippen LogP contribution in [0.5, 0.6) is 0 Å². The van der Waals surface area contributed by atoms with Gasteiger partial charge in [0, 0.05) is 30.7 Å². The summed E-state index contributed by atoms with van der Waals surface area (Å²) in [5.74, 6) is 1.77. The van der Waals surface area contributed by atoms with Gasteiger partial charge in [0.1, 0.15) is 0 Å². The molecule has 0 saturated carbocycles. The molecule has 3 nitrogen and oxygen atoms in total. The molecule has 2 fully saturated rings. The lowest BCUT2D eigenvalue weighted by Crippen LogP contribution is -2.42. The molecule has 3 heteroatoms. The number of rotatable bonds is 3. The van der Waals surface area contributed by atoms with Crippen molar-refractivity contribution in [3.05, 3.63) is 24.5 Å². The van der Waals surface area contributed by atoms with Gasteiger partial charge in [-0.05, 0) is 74.6 Å². The SMILES string of the molecule is CC(C)(C)C1CCCNC1.CCCC1CC(C)CCN1c1ccncc1. The van der Waals surface area contributed by atoms with E-state index in [1.54, 1.807) is 0 Å². The van der Waals surface area contributed by atoms with Crippen molar-refractivity contribution in [2.45, 2.75) is 79.2 Å². The van der Waals surface area contributed by atoms with Gasteiger partial charge in [0.15, 0.2) is 0 Å². The molecule has 0 aromatic carbocycles. The summed E-state index contributed by atoms with van der Waals surface area (Å²) >= 11 is 0. The number of anilines is 1. The molecule has 0 radical (unpaired) electrons. The molecule has 1 aromatic heterocycles. The Morgan fingerprint density at radius 3 is 2.46 bits per heavy atom. The number of nitrogens with zero attached hydrogens (tertiary/aromatic N) is 2. The van der Waals surface area contributed by atoms with E-state index in [0.29, 0.717) is 5.41 Å². The number of piperidine rings is 2. The zero-order valence-corrected chi connectivity index (χ0v) is 17.8. The zero-order chi connectivity index (χ0) is 19.0. The second kappa shape index (κ2) is 10.3.